The van der Waals surface area contributed by atoms with Crippen LogP contribution in [-0.2, 0) is 7.05 Å². The lowest BCUT2D eigenvalue weighted by Crippen LogP contribution is -1.99. The van der Waals surface area contributed by atoms with Crippen LogP contribution in [-0.4, -0.2) is 31.8 Å². The summed E-state index contributed by atoms with van der Waals surface area (Å²) in [6.07, 6.45) is 5.41. The van der Waals surface area contributed by atoms with Crippen LogP contribution in [0.25, 0.3) is 22.0 Å². The van der Waals surface area contributed by atoms with Crippen LogP contribution < -0.4 is 10.6 Å². The van der Waals surface area contributed by atoms with Gasteiger partial charge in [0.25, 0.3) is 0 Å². The van der Waals surface area contributed by atoms with Gasteiger partial charge in [0.2, 0.25) is 0 Å². The number of fused-ring (bicyclic) bond motifs is 1. The van der Waals surface area contributed by atoms with Crippen LogP contribution in [0.5, 0.6) is 0 Å². The van der Waals surface area contributed by atoms with Crippen molar-refractivity contribution in [3.05, 3.63) is 54.6 Å². The second-order valence-electron chi connectivity index (χ2n) is 6.02. The Hall–Kier alpha value is -3.48. The van der Waals surface area contributed by atoms with Crippen LogP contribution in [0.3, 0.4) is 0 Å². The Balaban J connectivity index is 1.87. The maximum absolute atomic E-state index is 4.60. The van der Waals surface area contributed by atoms with Crippen LogP contribution >= 0.6 is 0 Å². The molecule has 0 bridgehead atoms. The summed E-state index contributed by atoms with van der Waals surface area (Å²) < 4.78 is 1.86. The standard InChI is InChI=1S/C19H19N7/c1-12-8-16(25-26(12)3)14-10-23-19(20-2)15-11-22-18(9-13(14)15)24-17-6-4-5-7-21-17/h4-11H,1-3H3,(H,20,23)(H,21,22,24). The third-order valence-electron chi connectivity index (χ3n) is 4.32. The van der Waals surface area contributed by atoms with E-state index in [2.05, 4.69) is 36.8 Å². The van der Waals surface area contributed by atoms with Crippen molar-refractivity contribution in [3.8, 4) is 11.3 Å². The molecular formula is C19H19N7. The van der Waals surface area contributed by atoms with Crippen molar-refractivity contribution >= 4 is 28.2 Å². The summed E-state index contributed by atoms with van der Waals surface area (Å²) in [6.45, 7) is 2.03. The second kappa shape index (κ2) is 6.44. The number of pyridine rings is 3. The SMILES string of the molecule is CNc1ncc(-c2cc(C)n(C)n2)c2cc(Nc3ccccn3)ncc12. The number of hydrogen-bond acceptors (Lipinski definition) is 6. The molecule has 0 aliphatic heterocycles. The molecule has 7 heteroatoms. The zero-order chi connectivity index (χ0) is 18.1. The minimum absolute atomic E-state index is 0.721. The molecule has 0 saturated heterocycles. The Labute approximate surface area is 151 Å². The predicted molar refractivity (Wildman–Crippen MR) is 104 cm³/mol. The summed E-state index contributed by atoms with van der Waals surface area (Å²) in [4.78, 5) is 13.3. The Morgan fingerprint density at radius 1 is 0.962 bits per heavy atom. The maximum Gasteiger partial charge on any atom is 0.135 e. The molecule has 2 N–H and O–H groups in total. The van der Waals surface area contributed by atoms with E-state index in [1.807, 2.05) is 62.4 Å². The highest BCUT2D eigenvalue weighted by Gasteiger charge is 2.13. The molecule has 0 aromatic carbocycles. The van der Waals surface area contributed by atoms with Gasteiger partial charge in [0.15, 0.2) is 0 Å². The maximum atomic E-state index is 4.60. The van der Waals surface area contributed by atoms with Crippen LogP contribution in [0, 0.1) is 6.92 Å². The summed E-state index contributed by atoms with van der Waals surface area (Å²) in [5, 5.41) is 12.9. The van der Waals surface area contributed by atoms with Gasteiger partial charge >= 0.3 is 0 Å². The van der Waals surface area contributed by atoms with Crippen LogP contribution in [0.1, 0.15) is 5.69 Å². The van der Waals surface area contributed by atoms with E-state index in [4.69, 9.17) is 0 Å². The monoisotopic (exact) mass is 345 g/mol. The molecule has 4 rings (SSSR count). The molecule has 0 fully saturated rings. The van der Waals surface area contributed by atoms with Gasteiger partial charge in [0.05, 0.1) is 5.69 Å². The molecule has 0 amide bonds. The summed E-state index contributed by atoms with van der Waals surface area (Å²) in [7, 11) is 3.79. The first kappa shape index (κ1) is 16.0. The summed E-state index contributed by atoms with van der Waals surface area (Å²) in [5.41, 5.74) is 2.95. The molecule has 0 atom stereocenters. The average Bonchev–Trinajstić information content (AvgIpc) is 3.00. The highest BCUT2D eigenvalue weighted by atomic mass is 15.3. The Morgan fingerprint density at radius 3 is 2.54 bits per heavy atom. The van der Waals surface area contributed by atoms with Crippen molar-refractivity contribution in [2.45, 2.75) is 6.92 Å². The fourth-order valence-corrected chi connectivity index (χ4v) is 2.87. The number of nitrogens with zero attached hydrogens (tertiary/aromatic N) is 5. The van der Waals surface area contributed by atoms with E-state index >= 15 is 0 Å². The average molecular weight is 345 g/mol. The lowest BCUT2D eigenvalue weighted by molar-refractivity contribution is 0.743. The minimum Gasteiger partial charge on any atom is -0.373 e. The van der Waals surface area contributed by atoms with Gasteiger partial charge in [-0.25, -0.2) is 15.0 Å². The molecule has 0 aliphatic rings. The van der Waals surface area contributed by atoms with Gasteiger partial charge in [-0.1, -0.05) is 6.07 Å². The van der Waals surface area contributed by atoms with E-state index in [9.17, 15) is 0 Å². The zero-order valence-corrected chi connectivity index (χ0v) is 14.9. The molecule has 130 valence electrons. The van der Waals surface area contributed by atoms with Crippen molar-refractivity contribution < 1.29 is 0 Å². The van der Waals surface area contributed by atoms with Crippen LogP contribution in [0.2, 0.25) is 0 Å². The van der Waals surface area contributed by atoms with Crippen molar-refractivity contribution in [1.82, 2.24) is 24.7 Å². The smallest absolute Gasteiger partial charge is 0.135 e. The fraction of sp³-hybridized carbons (Fsp3) is 0.158. The Morgan fingerprint density at radius 2 is 1.85 bits per heavy atom. The molecule has 4 aromatic heterocycles. The van der Waals surface area contributed by atoms with Crippen molar-refractivity contribution in [1.29, 1.82) is 0 Å². The van der Waals surface area contributed by atoms with Crippen molar-refractivity contribution in [2.75, 3.05) is 17.7 Å². The zero-order valence-electron chi connectivity index (χ0n) is 14.9. The first-order valence-electron chi connectivity index (χ1n) is 8.31. The van der Waals surface area contributed by atoms with E-state index in [1.54, 1.807) is 6.20 Å². The normalized spacial score (nSPS) is 10.9. The van der Waals surface area contributed by atoms with Crippen LogP contribution in [0.15, 0.2) is 48.9 Å². The first-order chi connectivity index (χ1) is 12.7. The highest BCUT2D eigenvalue weighted by molar-refractivity contribution is 6.02. The third kappa shape index (κ3) is 2.83. The van der Waals surface area contributed by atoms with Gasteiger partial charge in [0.1, 0.15) is 17.5 Å². The molecule has 0 radical (unpaired) electrons. The summed E-state index contributed by atoms with van der Waals surface area (Å²) in [5.74, 6) is 2.25. The first-order valence-corrected chi connectivity index (χ1v) is 8.31. The lowest BCUT2D eigenvalue weighted by atomic mass is 10.1. The molecule has 0 aliphatic carbocycles. The van der Waals surface area contributed by atoms with E-state index < -0.39 is 0 Å². The topological polar surface area (TPSA) is 80.5 Å². The molecule has 7 nitrogen and oxygen atoms in total. The Bertz CT molecular complexity index is 1050. The predicted octanol–water partition coefficient (Wildman–Crippen LogP) is 3.52. The van der Waals surface area contributed by atoms with E-state index in [-0.39, 0.29) is 0 Å². The number of rotatable bonds is 4. The van der Waals surface area contributed by atoms with Crippen LogP contribution in [0.4, 0.5) is 17.5 Å². The van der Waals surface area contributed by atoms with Gasteiger partial charge in [0, 0.05) is 54.7 Å². The van der Waals surface area contributed by atoms with Crippen molar-refractivity contribution in [2.24, 2.45) is 7.05 Å². The Kier molecular flexibility index (Phi) is 3.96. The fourth-order valence-electron chi connectivity index (χ4n) is 2.87. The second-order valence-corrected chi connectivity index (χ2v) is 6.02. The summed E-state index contributed by atoms with van der Waals surface area (Å²) >= 11 is 0. The molecule has 26 heavy (non-hydrogen) atoms. The third-order valence-corrected chi connectivity index (χ3v) is 4.32. The number of hydrogen-bond donors (Lipinski definition) is 2. The summed E-state index contributed by atoms with van der Waals surface area (Å²) in [6, 6.07) is 9.78. The quantitative estimate of drug-likeness (QED) is 0.589. The van der Waals surface area contributed by atoms with E-state index in [0.29, 0.717) is 0 Å². The van der Waals surface area contributed by atoms with Gasteiger partial charge in [-0.2, -0.15) is 5.10 Å². The molecule has 0 saturated carbocycles. The molecule has 0 spiro atoms. The molecule has 4 heterocycles. The number of aromatic nitrogens is 5. The number of aryl methyl sites for hydroxylation is 2. The largest absolute Gasteiger partial charge is 0.373 e. The molecule has 4 aromatic rings. The van der Waals surface area contributed by atoms with E-state index in [0.717, 1.165) is 45.2 Å². The van der Waals surface area contributed by atoms with Crippen molar-refractivity contribution in [3.63, 3.8) is 0 Å². The van der Waals surface area contributed by atoms with Gasteiger partial charge < -0.3 is 10.6 Å². The minimum atomic E-state index is 0.721. The van der Waals surface area contributed by atoms with Gasteiger partial charge in [-0.15, -0.1) is 0 Å². The van der Waals surface area contributed by atoms with Gasteiger partial charge in [-0.3, -0.25) is 4.68 Å². The van der Waals surface area contributed by atoms with E-state index in [1.165, 1.54) is 0 Å². The molecule has 0 unspecified atom stereocenters. The molecular weight excluding hydrogens is 326 g/mol. The number of nitrogens with one attached hydrogen (secondary N) is 2. The highest BCUT2D eigenvalue weighted by Crippen LogP contribution is 2.32. The number of anilines is 3. The van der Waals surface area contributed by atoms with Gasteiger partial charge in [-0.05, 0) is 31.2 Å². The lowest BCUT2D eigenvalue weighted by Gasteiger charge is -2.11.